The largest absolute Gasteiger partial charge is 0.455 e. The molecule has 3 heterocycles. The van der Waals surface area contributed by atoms with Crippen LogP contribution in [0.1, 0.15) is 161 Å². The molecule has 0 atom stereocenters. The molecule has 4 heteroatoms. The number of furan rings is 1. The second-order valence-electron chi connectivity index (χ2n) is 27.7. The number of anilines is 5. The molecule has 0 fully saturated rings. The Morgan fingerprint density at radius 1 is 0.413 bits per heavy atom. The summed E-state index contributed by atoms with van der Waals surface area (Å²) in [6, 6.07) is 52.6. The van der Waals surface area contributed by atoms with Crippen LogP contribution in [0.2, 0.25) is 0 Å². The lowest BCUT2D eigenvalue weighted by Crippen LogP contribution is -2.61. The maximum atomic E-state index is 7.58. The zero-order valence-corrected chi connectivity index (χ0v) is 46.8. The van der Waals surface area contributed by atoms with Gasteiger partial charge in [-0.05, 0) is 210 Å². The van der Waals surface area contributed by atoms with Gasteiger partial charge in [-0.1, -0.05) is 162 Å². The smallest absolute Gasteiger partial charge is 0.333 e. The van der Waals surface area contributed by atoms with Crippen LogP contribution >= 0.6 is 0 Å². The van der Waals surface area contributed by atoms with Gasteiger partial charge in [0.1, 0.15) is 11.2 Å². The highest BCUT2D eigenvalue weighted by molar-refractivity contribution is 6.94. The fourth-order valence-electron chi connectivity index (χ4n) is 15.1. The SMILES string of the molecule is Cc1cc2c(cc1N1c3cc(-c4ccccc4)ccc3B3c4c1cc1ccccc1c4-c1c(ccc4c1oc1cc5c(cc14)C(C)(C)CCC5(C)C)N3c1ccc3c(c1)C(C)(C)CCC3(C)C)C(C)(C)CCC2(C)C. The number of benzene rings is 8. The molecule has 3 nitrogen and oxygen atoms in total. The van der Waals surface area contributed by atoms with Crippen LogP contribution in [0.15, 0.2) is 138 Å². The lowest BCUT2D eigenvalue weighted by Gasteiger charge is -2.48. The van der Waals surface area contributed by atoms with Crippen molar-refractivity contribution in [1.29, 1.82) is 0 Å². The van der Waals surface area contributed by atoms with E-state index in [1.807, 2.05) is 0 Å². The third-order valence-corrected chi connectivity index (χ3v) is 20.1. The Balaban J connectivity index is 1.14. The van der Waals surface area contributed by atoms with Crippen LogP contribution in [0.25, 0.3) is 55.0 Å². The highest BCUT2D eigenvalue weighted by Crippen LogP contribution is 2.57. The molecule has 5 aliphatic rings. The van der Waals surface area contributed by atoms with Gasteiger partial charge in [0, 0.05) is 44.8 Å². The summed E-state index contributed by atoms with van der Waals surface area (Å²) in [5.41, 5.74) is 26.2. The van der Waals surface area contributed by atoms with Gasteiger partial charge in [0.2, 0.25) is 0 Å². The number of fused-ring (bicyclic) bond motifs is 13. The minimum Gasteiger partial charge on any atom is -0.455 e. The molecule has 1 aromatic heterocycles. The van der Waals surface area contributed by atoms with E-state index in [1.165, 1.54) is 141 Å². The van der Waals surface area contributed by atoms with E-state index in [9.17, 15) is 0 Å². The molecule has 0 bridgehead atoms. The predicted molar refractivity (Wildman–Crippen MR) is 321 cm³/mol. The molecule has 3 aliphatic carbocycles. The molecule has 8 aromatic carbocycles. The fourth-order valence-corrected chi connectivity index (χ4v) is 15.1. The molecular formula is C71H73BN2O. The molecule has 9 aromatic rings. The highest BCUT2D eigenvalue weighted by Gasteiger charge is 2.49. The quantitative estimate of drug-likeness (QED) is 0.165. The number of hydrogen-bond acceptors (Lipinski definition) is 3. The van der Waals surface area contributed by atoms with Crippen molar-refractivity contribution in [2.75, 3.05) is 9.71 Å². The number of hydrogen-bond donors (Lipinski definition) is 0. The van der Waals surface area contributed by atoms with E-state index in [1.54, 1.807) is 0 Å². The summed E-state index contributed by atoms with van der Waals surface area (Å²) in [5.74, 6) is 0. The van der Waals surface area contributed by atoms with Crippen LogP contribution in [0.4, 0.5) is 28.4 Å². The molecule has 14 rings (SSSR count). The van der Waals surface area contributed by atoms with Crippen LogP contribution in [0.3, 0.4) is 0 Å². The van der Waals surface area contributed by atoms with Gasteiger partial charge >= 0.3 is 6.85 Å². The molecule has 0 spiro atoms. The van der Waals surface area contributed by atoms with Crippen molar-refractivity contribution in [2.24, 2.45) is 0 Å². The maximum absolute atomic E-state index is 7.58. The van der Waals surface area contributed by atoms with Crippen LogP contribution in [-0.2, 0) is 32.5 Å². The molecule has 0 amide bonds. The molecule has 2 aliphatic heterocycles. The summed E-state index contributed by atoms with van der Waals surface area (Å²) < 4.78 is 7.58. The minimum absolute atomic E-state index is 0.0281. The van der Waals surface area contributed by atoms with Crippen molar-refractivity contribution in [3.8, 4) is 22.3 Å². The van der Waals surface area contributed by atoms with E-state index >= 15 is 0 Å². The predicted octanol–water partition coefficient (Wildman–Crippen LogP) is 18.5. The molecular weight excluding hydrogens is 908 g/mol. The molecule has 0 saturated heterocycles. The lowest BCUT2D eigenvalue weighted by atomic mass is 9.43. The van der Waals surface area contributed by atoms with E-state index in [0.29, 0.717) is 0 Å². The topological polar surface area (TPSA) is 19.6 Å². The van der Waals surface area contributed by atoms with Crippen LogP contribution in [0.5, 0.6) is 0 Å². The normalized spacial score (nSPS) is 19.8. The Kier molecular flexibility index (Phi) is 9.60. The number of aryl methyl sites for hydroxylation is 1. The third kappa shape index (κ3) is 6.66. The van der Waals surface area contributed by atoms with Crippen molar-refractivity contribution >= 4 is 78.9 Å². The standard InChI is InChI=1S/C71H73BN2O/c1-42-35-51-54(70(10,11)33-31-67(51,4)5)40-58(42)73-59-36-44(43-19-15-14-16-20-43)23-27-56(59)72-64-60(73)37-45-21-17-18-22-47(45)62(64)63-57(74(72)46-24-26-50-52(38-46)68(6,7)30-29-66(50,2)3)28-25-48-49-39-53-55(41-61(49)75-65(48)63)71(12,13)34-32-69(53,8)9/h14-28,35-41H,29-34H2,1-13H3. The van der Waals surface area contributed by atoms with Crippen molar-refractivity contribution in [3.05, 3.63) is 172 Å². The third-order valence-electron chi connectivity index (χ3n) is 20.1. The van der Waals surface area contributed by atoms with Gasteiger partial charge < -0.3 is 14.1 Å². The Hall–Kier alpha value is -6.52. The number of nitrogens with zero attached hydrogens (tertiary/aromatic N) is 2. The van der Waals surface area contributed by atoms with Crippen molar-refractivity contribution in [1.82, 2.24) is 0 Å². The first-order chi connectivity index (χ1) is 35.5. The van der Waals surface area contributed by atoms with E-state index in [-0.39, 0.29) is 39.3 Å². The second kappa shape index (κ2) is 15.3. The van der Waals surface area contributed by atoms with Crippen molar-refractivity contribution in [3.63, 3.8) is 0 Å². The molecule has 0 radical (unpaired) electrons. The molecule has 0 saturated carbocycles. The maximum Gasteiger partial charge on any atom is 0.333 e. The summed E-state index contributed by atoms with van der Waals surface area (Å²) in [6.07, 6.45) is 6.99. The summed E-state index contributed by atoms with van der Waals surface area (Å²) in [5, 5.41) is 4.90. The first-order valence-electron chi connectivity index (χ1n) is 28.2. The lowest BCUT2D eigenvalue weighted by molar-refractivity contribution is 0.332. The average molecular weight is 981 g/mol. The Morgan fingerprint density at radius 3 is 1.68 bits per heavy atom. The van der Waals surface area contributed by atoms with Gasteiger partial charge in [-0.25, -0.2) is 0 Å². The highest BCUT2D eigenvalue weighted by atomic mass is 16.3. The monoisotopic (exact) mass is 981 g/mol. The van der Waals surface area contributed by atoms with Crippen molar-refractivity contribution in [2.45, 2.75) is 161 Å². The molecule has 0 N–H and O–H groups in total. The van der Waals surface area contributed by atoms with Crippen LogP contribution in [0, 0.1) is 6.92 Å². The van der Waals surface area contributed by atoms with Gasteiger partial charge in [-0.15, -0.1) is 0 Å². The van der Waals surface area contributed by atoms with Gasteiger partial charge in [-0.2, -0.15) is 0 Å². The van der Waals surface area contributed by atoms with Gasteiger partial charge in [-0.3, -0.25) is 0 Å². The minimum atomic E-state index is -0.148. The van der Waals surface area contributed by atoms with Crippen LogP contribution < -0.4 is 20.6 Å². The Morgan fingerprint density at radius 2 is 1.00 bits per heavy atom. The van der Waals surface area contributed by atoms with Gasteiger partial charge in [0.15, 0.2) is 0 Å². The van der Waals surface area contributed by atoms with E-state index in [0.717, 1.165) is 30.4 Å². The zero-order chi connectivity index (χ0) is 52.1. The summed E-state index contributed by atoms with van der Waals surface area (Å²) in [7, 11) is 0. The van der Waals surface area contributed by atoms with Crippen molar-refractivity contribution < 1.29 is 4.42 Å². The Labute approximate surface area is 446 Å². The molecule has 0 unspecified atom stereocenters. The molecule has 376 valence electrons. The second-order valence-corrected chi connectivity index (χ2v) is 27.7. The summed E-state index contributed by atoms with van der Waals surface area (Å²) in [6.45, 7) is 31.6. The first-order valence-corrected chi connectivity index (χ1v) is 28.2. The summed E-state index contributed by atoms with van der Waals surface area (Å²) >= 11 is 0. The fraction of sp³-hybridized carbons (Fsp3) is 0.352. The van der Waals surface area contributed by atoms with Gasteiger partial charge in [0.05, 0.1) is 0 Å². The first kappa shape index (κ1) is 47.0. The number of rotatable bonds is 3. The van der Waals surface area contributed by atoms with E-state index in [4.69, 9.17) is 4.42 Å². The van der Waals surface area contributed by atoms with Gasteiger partial charge in [0.25, 0.3) is 0 Å². The van der Waals surface area contributed by atoms with E-state index < -0.39 is 0 Å². The average Bonchev–Trinajstić information content (AvgIpc) is 3.76. The summed E-state index contributed by atoms with van der Waals surface area (Å²) in [4.78, 5) is 5.43. The zero-order valence-electron chi connectivity index (χ0n) is 46.8. The Bertz CT molecular complexity index is 3940. The van der Waals surface area contributed by atoms with E-state index in [2.05, 4.69) is 233 Å². The molecule has 75 heavy (non-hydrogen) atoms. The van der Waals surface area contributed by atoms with Crippen LogP contribution in [-0.4, -0.2) is 6.85 Å².